The Kier molecular flexibility index (Phi) is 10.2. The molecule has 13 nitrogen and oxygen atoms in total. The molecule has 0 aliphatic carbocycles. The molecule has 4 rings (SSSR count). The zero-order chi connectivity index (χ0) is 32.8. The number of nitrogens with one attached hydrogen (secondary N) is 5. The van der Waals surface area contributed by atoms with Crippen molar-refractivity contribution in [3.63, 3.8) is 0 Å². The summed E-state index contributed by atoms with van der Waals surface area (Å²) in [6, 6.07) is 16.9. The molecule has 0 amide bonds. The van der Waals surface area contributed by atoms with Crippen LogP contribution in [0.2, 0.25) is 0 Å². The first kappa shape index (κ1) is 33.1. The Morgan fingerprint density at radius 2 is 1.09 bits per heavy atom. The highest BCUT2D eigenvalue weighted by Crippen LogP contribution is 2.21. The first-order valence-electron chi connectivity index (χ1n) is 13.1. The number of hydrazone groups is 2. The Balaban J connectivity index is 1.60. The van der Waals surface area contributed by atoms with E-state index in [2.05, 4.69) is 45.8 Å². The molecule has 0 bridgehead atoms. The van der Waals surface area contributed by atoms with Crippen LogP contribution in [0.15, 0.2) is 92.8 Å². The van der Waals surface area contributed by atoms with Gasteiger partial charge in [-0.3, -0.25) is 10.9 Å². The van der Waals surface area contributed by atoms with Crippen molar-refractivity contribution in [1.29, 1.82) is 0 Å². The first-order chi connectivity index (χ1) is 21.3. The summed E-state index contributed by atoms with van der Waals surface area (Å²) in [6.07, 6.45) is 0. The molecule has 0 fully saturated rings. The minimum absolute atomic E-state index is 0.00235. The van der Waals surface area contributed by atoms with Gasteiger partial charge in [-0.15, -0.1) is 0 Å². The molecule has 236 valence electrons. The number of hydrogen-bond donors (Lipinski definition) is 5. The number of halogens is 2. The van der Waals surface area contributed by atoms with Gasteiger partial charge in [0.15, 0.2) is 23.3 Å². The number of sulfonamides is 2. The molecule has 3 aromatic carbocycles. The van der Waals surface area contributed by atoms with Gasteiger partial charge in [-0.25, -0.2) is 35.1 Å². The lowest BCUT2D eigenvalue weighted by molar-refractivity contribution is 0.509. The Bertz CT molecular complexity index is 1860. The maximum Gasteiger partial charge on any atom is 0.240 e. The number of anilines is 4. The number of rotatable bonds is 12. The van der Waals surface area contributed by atoms with E-state index in [1.807, 2.05) is 0 Å². The van der Waals surface area contributed by atoms with Gasteiger partial charge in [0, 0.05) is 17.8 Å². The molecule has 1 aromatic heterocycles. The summed E-state index contributed by atoms with van der Waals surface area (Å²) in [7, 11) is -4.54. The molecule has 45 heavy (non-hydrogen) atoms. The van der Waals surface area contributed by atoms with Crippen LogP contribution in [0.25, 0.3) is 0 Å². The lowest BCUT2D eigenvalue weighted by atomic mass is 10.1. The van der Waals surface area contributed by atoms with Crippen molar-refractivity contribution in [3.8, 4) is 0 Å². The number of aromatic nitrogens is 2. The highest BCUT2D eigenvalue weighted by Gasteiger charge is 2.13. The minimum Gasteiger partial charge on any atom is -0.324 e. The van der Waals surface area contributed by atoms with Gasteiger partial charge in [-0.1, -0.05) is 24.3 Å². The van der Waals surface area contributed by atoms with Crippen LogP contribution in [-0.4, -0.2) is 52.3 Å². The van der Waals surface area contributed by atoms with Crippen molar-refractivity contribution in [2.24, 2.45) is 10.2 Å². The number of nitrogens with zero attached hydrogens (tertiary/aromatic N) is 4. The fourth-order valence-electron chi connectivity index (χ4n) is 3.72. The summed E-state index contributed by atoms with van der Waals surface area (Å²) in [5.41, 5.74) is 8.09. The summed E-state index contributed by atoms with van der Waals surface area (Å²) in [5, 5.41) is 11.5. The van der Waals surface area contributed by atoms with Gasteiger partial charge in [-0.05, 0) is 75.5 Å². The molecule has 0 atom stereocenters. The topological polar surface area (TPSA) is 179 Å². The van der Waals surface area contributed by atoms with Crippen LogP contribution in [0.4, 0.5) is 32.1 Å². The third kappa shape index (κ3) is 8.42. The van der Waals surface area contributed by atoms with E-state index in [1.165, 1.54) is 50.5 Å². The van der Waals surface area contributed by atoms with Crippen molar-refractivity contribution in [3.05, 3.63) is 95.6 Å². The lowest BCUT2D eigenvalue weighted by Crippen LogP contribution is -2.18. The van der Waals surface area contributed by atoms with Gasteiger partial charge < -0.3 is 5.32 Å². The third-order valence-corrected chi connectivity index (χ3v) is 9.14. The van der Waals surface area contributed by atoms with E-state index in [4.69, 9.17) is 0 Å². The van der Waals surface area contributed by atoms with Gasteiger partial charge in [-0.2, -0.15) is 20.2 Å². The Morgan fingerprint density at radius 1 is 0.644 bits per heavy atom. The standard InChI is InChI=1S/C28H29F2N9O4S2/c1-17(19-5-10-22(11-6-19)44(40,41)31-3)36-38-26-16-27(35-28(34-26)33-21-9-14-24(29)25(30)15-21)39-37-18(2)20-7-12-23(13-8-20)45(42,43)32-4/h5-16,31-32H,1-4H3,(H3,33,34,35,38,39)/b36-17-,37-18-. The van der Waals surface area contributed by atoms with E-state index in [1.54, 1.807) is 38.1 Å². The van der Waals surface area contributed by atoms with Crippen LogP contribution in [0, 0.1) is 11.6 Å². The Labute approximate surface area is 259 Å². The predicted octanol–water partition coefficient (Wildman–Crippen LogP) is 3.99. The highest BCUT2D eigenvalue weighted by molar-refractivity contribution is 7.89. The minimum atomic E-state index is -3.59. The quantitative estimate of drug-likeness (QED) is 0.111. The maximum absolute atomic E-state index is 13.8. The SMILES string of the molecule is CNS(=O)(=O)c1ccc(/C(C)=N\Nc2cc(N/N=C(/C)c3ccc(S(=O)(=O)NC)cc3)nc(Nc3ccc(F)c(F)c3)n2)cc1. The van der Waals surface area contributed by atoms with Crippen molar-refractivity contribution >= 4 is 54.7 Å². The van der Waals surface area contributed by atoms with Crippen LogP contribution in [0.3, 0.4) is 0 Å². The molecule has 0 unspecified atom stereocenters. The summed E-state index contributed by atoms with van der Waals surface area (Å²) >= 11 is 0. The molecule has 0 saturated heterocycles. The first-order valence-corrected chi connectivity index (χ1v) is 16.1. The normalized spacial score (nSPS) is 12.6. The second-order valence-electron chi connectivity index (χ2n) is 9.30. The van der Waals surface area contributed by atoms with Crippen LogP contribution in [0.5, 0.6) is 0 Å². The molecule has 0 spiro atoms. The van der Waals surface area contributed by atoms with E-state index < -0.39 is 31.7 Å². The molecule has 17 heteroatoms. The second-order valence-corrected chi connectivity index (χ2v) is 13.1. The van der Waals surface area contributed by atoms with Crippen molar-refractivity contribution in [2.45, 2.75) is 23.6 Å². The third-order valence-electron chi connectivity index (χ3n) is 6.28. The largest absolute Gasteiger partial charge is 0.324 e. The van der Waals surface area contributed by atoms with Crippen LogP contribution in [-0.2, 0) is 20.0 Å². The van der Waals surface area contributed by atoms with Gasteiger partial charge in [0.25, 0.3) is 0 Å². The van der Waals surface area contributed by atoms with E-state index >= 15 is 0 Å². The molecule has 4 aromatic rings. The fraction of sp³-hybridized carbons (Fsp3) is 0.143. The van der Waals surface area contributed by atoms with Gasteiger partial charge >= 0.3 is 0 Å². The van der Waals surface area contributed by atoms with Gasteiger partial charge in [0.05, 0.1) is 21.2 Å². The molecular weight excluding hydrogens is 628 g/mol. The Hall–Kier alpha value is -4.84. The van der Waals surface area contributed by atoms with Crippen molar-refractivity contribution in [2.75, 3.05) is 30.3 Å². The smallest absolute Gasteiger partial charge is 0.240 e. The van der Waals surface area contributed by atoms with Crippen molar-refractivity contribution in [1.82, 2.24) is 19.4 Å². The number of benzene rings is 3. The van der Waals surface area contributed by atoms with E-state index in [0.717, 1.165) is 12.1 Å². The highest BCUT2D eigenvalue weighted by atomic mass is 32.2. The molecule has 0 aliphatic heterocycles. The van der Waals surface area contributed by atoms with E-state index in [0.29, 0.717) is 22.6 Å². The van der Waals surface area contributed by atoms with Crippen LogP contribution < -0.4 is 25.6 Å². The summed E-state index contributed by atoms with van der Waals surface area (Å²) in [4.78, 5) is 8.87. The van der Waals surface area contributed by atoms with Crippen molar-refractivity contribution < 1.29 is 25.6 Å². The molecule has 5 N–H and O–H groups in total. The molecule has 0 saturated carbocycles. The van der Waals surface area contributed by atoms with E-state index in [9.17, 15) is 25.6 Å². The average Bonchev–Trinajstić information content (AvgIpc) is 3.04. The van der Waals surface area contributed by atoms with Crippen LogP contribution in [0.1, 0.15) is 25.0 Å². The number of hydrogen-bond acceptors (Lipinski definition) is 11. The molecule has 0 radical (unpaired) electrons. The predicted molar refractivity (Wildman–Crippen MR) is 169 cm³/mol. The molecular formula is C28H29F2N9O4S2. The average molecular weight is 658 g/mol. The summed E-state index contributed by atoms with van der Waals surface area (Å²) in [5.74, 6) is -1.68. The maximum atomic E-state index is 13.8. The van der Waals surface area contributed by atoms with Gasteiger partial charge in [0.1, 0.15) is 0 Å². The molecule has 1 heterocycles. The van der Waals surface area contributed by atoms with Crippen LogP contribution >= 0.6 is 0 Å². The molecule has 0 aliphatic rings. The van der Waals surface area contributed by atoms with E-state index in [-0.39, 0.29) is 33.1 Å². The Morgan fingerprint density at radius 3 is 1.49 bits per heavy atom. The second kappa shape index (κ2) is 13.9. The summed E-state index contributed by atoms with van der Waals surface area (Å²) < 4.78 is 79.8. The van der Waals surface area contributed by atoms with Gasteiger partial charge in [0.2, 0.25) is 26.0 Å². The fourth-order valence-corrected chi connectivity index (χ4v) is 5.18. The summed E-state index contributed by atoms with van der Waals surface area (Å²) in [6.45, 7) is 3.41. The zero-order valence-electron chi connectivity index (χ0n) is 24.4. The lowest BCUT2D eigenvalue weighted by Gasteiger charge is -2.11. The monoisotopic (exact) mass is 657 g/mol. The zero-order valence-corrected chi connectivity index (χ0v) is 26.1.